The van der Waals surface area contributed by atoms with Gasteiger partial charge >= 0.3 is 6.09 Å². The molecule has 0 spiro atoms. The van der Waals surface area contributed by atoms with Gasteiger partial charge < -0.3 is 18.9 Å². The lowest BCUT2D eigenvalue weighted by atomic mass is 9.96. The molecule has 112 valence electrons. The number of carbonyl (C=O) groups is 2. The molecule has 1 saturated heterocycles. The molecule has 0 radical (unpaired) electrons. The molecule has 1 aliphatic heterocycles. The zero-order chi connectivity index (χ0) is 15.1. The quantitative estimate of drug-likeness (QED) is 0.608. The number of ketones is 1. The number of alkyl carbamates (subject to hydrolysis) is 1. The van der Waals surface area contributed by atoms with Gasteiger partial charge in [-0.3, -0.25) is 10.1 Å². The monoisotopic (exact) mass is 285 g/mol. The van der Waals surface area contributed by atoms with Crippen LogP contribution >= 0.6 is 0 Å². The highest BCUT2D eigenvalue weighted by Crippen LogP contribution is 2.43. The number of ether oxygens (including phenoxy) is 4. The van der Waals surface area contributed by atoms with E-state index in [1.807, 2.05) is 0 Å². The molecule has 20 heavy (non-hydrogen) atoms. The van der Waals surface area contributed by atoms with Crippen LogP contribution in [0.25, 0.3) is 0 Å². The van der Waals surface area contributed by atoms with Crippen molar-refractivity contribution in [2.24, 2.45) is 0 Å². The van der Waals surface area contributed by atoms with Crippen LogP contribution in [0.3, 0.4) is 0 Å². The van der Waals surface area contributed by atoms with Crippen LogP contribution in [0.2, 0.25) is 0 Å². The highest BCUT2D eigenvalue weighted by atomic mass is 16.7. The van der Waals surface area contributed by atoms with Crippen molar-refractivity contribution >= 4 is 11.9 Å². The van der Waals surface area contributed by atoms with Gasteiger partial charge in [0.2, 0.25) is 5.79 Å². The normalized spacial score (nSPS) is 27.4. The van der Waals surface area contributed by atoms with E-state index < -0.39 is 29.7 Å². The molecular formula is C13H19NO6. The van der Waals surface area contributed by atoms with Crippen LogP contribution in [-0.4, -0.2) is 49.7 Å². The summed E-state index contributed by atoms with van der Waals surface area (Å²) in [5, 5.41) is 2.50. The maximum atomic E-state index is 11.8. The zero-order valence-corrected chi connectivity index (χ0v) is 12.2. The Morgan fingerprint density at radius 2 is 1.95 bits per heavy atom. The second kappa shape index (κ2) is 4.83. The molecule has 0 unspecified atom stereocenters. The topological polar surface area (TPSA) is 86.4 Å². The fourth-order valence-corrected chi connectivity index (χ4v) is 2.17. The molecule has 7 nitrogen and oxygen atoms in total. The Morgan fingerprint density at radius 1 is 1.35 bits per heavy atom. The molecular weight excluding hydrogens is 266 g/mol. The summed E-state index contributed by atoms with van der Waals surface area (Å²) >= 11 is 0. The molecule has 0 aromatic carbocycles. The third-order valence-corrected chi connectivity index (χ3v) is 3.05. The minimum absolute atomic E-state index is 0.181. The van der Waals surface area contributed by atoms with Crippen LogP contribution in [0.1, 0.15) is 20.8 Å². The standard InChI is InChI=1S/C13H19NO6/c1-12(2,3)20-11(16)14-8-6-7(15)9-10(19-9)13(8,17-4)18-5/h6,9-10H,1-5H3,(H,14,16)/t9-,10-/m1/s1. The number of rotatable bonds is 3. The molecule has 2 atom stereocenters. The van der Waals surface area contributed by atoms with Crippen molar-refractivity contribution in [2.75, 3.05) is 14.2 Å². The van der Waals surface area contributed by atoms with Gasteiger partial charge in [-0.15, -0.1) is 0 Å². The summed E-state index contributed by atoms with van der Waals surface area (Å²) in [5.74, 6) is -1.53. The van der Waals surface area contributed by atoms with Crippen molar-refractivity contribution in [1.82, 2.24) is 5.32 Å². The van der Waals surface area contributed by atoms with E-state index in [9.17, 15) is 9.59 Å². The average Bonchev–Trinajstić information content (AvgIpc) is 3.09. The average molecular weight is 285 g/mol. The first-order chi connectivity index (χ1) is 9.23. The molecule has 2 rings (SSSR count). The van der Waals surface area contributed by atoms with Gasteiger partial charge in [0, 0.05) is 20.3 Å². The van der Waals surface area contributed by atoms with E-state index >= 15 is 0 Å². The van der Waals surface area contributed by atoms with Crippen molar-refractivity contribution < 1.29 is 28.5 Å². The lowest BCUT2D eigenvalue weighted by Gasteiger charge is -2.33. The number of epoxide rings is 1. The first-order valence-electron chi connectivity index (χ1n) is 6.25. The minimum Gasteiger partial charge on any atom is -0.444 e. The van der Waals surface area contributed by atoms with Crippen LogP contribution in [-0.2, 0) is 23.7 Å². The molecule has 7 heteroatoms. The number of hydrogen-bond acceptors (Lipinski definition) is 6. The predicted octanol–water partition coefficient (Wildman–Crippen LogP) is 0.734. The van der Waals surface area contributed by atoms with E-state index in [-0.39, 0.29) is 11.5 Å². The highest BCUT2D eigenvalue weighted by molar-refractivity contribution is 5.98. The van der Waals surface area contributed by atoms with Gasteiger partial charge in [-0.2, -0.15) is 0 Å². The molecule has 2 aliphatic rings. The van der Waals surface area contributed by atoms with Crippen molar-refractivity contribution in [3.63, 3.8) is 0 Å². The van der Waals surface area contributed by atoms with E-state index in [4.69, 9.17) is 18.9 Å². The summed E-state index contributed by atoms with van der Waals surface area (Å²) < 4.78 is 21.1. The highest BCUT2D eigenvalue weighted by Gasteiger charge is 2.64. The van der Waals surface area contributed by atoms with Gasteiger partial charge in [-0.1, -0.05) is 0 Å². The summed E-state index contributed by atoms with van der Waals surface area (Å²) in [4.78, 5) is 23.6. The molecule has 1 aliphatic carbocycles. The molecule has 0 saturated carbocycles. The largest absolute Gasteiger partial charge is 0.444 e. The van der Waals surface area contributed by atoms with Crippen molar-refractivity contribution in [3.8, 4) is 0 Å². The van der Waals surface area contributed by atoms with Crippen LogP contribution in [0, 0.1) is 0 Å². The number of fused-ring (bicyclic) bond motifs is 1. The minimum atomic E-state index is -1.30. The third kappa shape index (κ3) is 2.56. The lowest BCUT2D eigenvalue weighted by molar-refractivity contribution is -0.195. The van der Waals surface area contributed by atoms with Crippen molar-refractivity contribution in [3.05, 3.63) is 11.8 Å². The van der Waals surface area contributed by atoms with Gasteiger partial charge in [-0.05, 0) is 20.8 Å². The van der Waals surface area contributed by atoms with Crippen LogP contribution in [0.5, 0.6) is 0 Å². The zero-order valence-electron chi connectivity index (χ0n) is 12.2. The van der Waals surface area contributed by atoms with Gasteiger partial charge in [0.05, 0.1) is 5.70 Å². The first kappa shape index (κ1) is 15.0. The van der Waals surface area contributed by atoms with Gasteiger partial charge in [0.1, 0.15) is 5.60 Å². The molecule has 0 aromatic rings. The fourth-order valence-electron chi connectivity index (χ4n) is 2.17. The van der Waals surface area contributed by atoms with Gasteiger partial charge in [0.25, 0.3) is 0 Å². The Kier molecular flexibility index (Phi) is 3.62. The number of amides is 1. The Labute approximate surface area is 117 Å². The summed E-state index contributed by atoms with van der Waals surface area (Å²) in [7, 11) is 2.84. The third-order valence-electron chi connectivity index (χ3n) is 3.05. The predicted molar refractivity (Wildman–Crippen MR) is 67.9 cm³/mol. The molecule has 0 bridgehead atoms. The number of nitrogens with one attached hydrogen (secondary N) is 1. The maximum absolute atomic E-state index is 11.8. The van der Waals surface area contributed by atoms with E-state index in [2.05, 4.69) is 5.32 Å². The summed E-state index contributed by atoms with van der Waals surface area (Å²) in [6.45, 7) is 5.23. The lowest BCUT2D eigenvalue weighted by Crippen LogP contribution is -2.52. The molecule has 1 N–H and O–H groups in total. The number of methoxy groups -OCH3 is 2. The van der Waals surface area contributed by atoms with Crippen LogP contribution in [0.4, 0.5) is 4.79 Å². The van der Waals surface area contributed by atoms with Gasteiger partial charge in [-0.25, -0.2) is 4.79 Å². The summed E-state index contributed by atoms with van der Waals surface area (Å²) in [5.41, 5.74) is -0.467. The fraction of sp³-hybridized carbons (Fsp3) is 0.692. The Hall–Kier alpha value is -1.44. The second-order valence-corrected chi connectivity index (χ2v) is 5.64. The Bertz CT molecular complexity index is 460. The maximum Gasteiger partial charge on any atom is 0.412 e. The smallest absolute Gasteiger partial charge is 0.412 e. The van der Waals surface area contributed by atoms with Crippen molar-refractivity contribution in [2.45, 2.75) is 44.4 Å². The van der Waals surface area contributed by atoms with Crippen LogP contribution in [0.15, 0.2) is 11.8 Å². The van der Waals surface area contributed by atoms with E-state index in [1.54, 1.807) is 20.8 Å². The molecule has 1 fully saturated rings. The molecule has 0 aromatic heterocycles. The SMILES string of the molecule is COC1(OC)C(NC(=O)OC(C)(C)C)=CC(=O)[C@H]2O[C@H]21. The van der Waals surface area contributed by atoms with Gasteiger partial charge in [0.15, 0.2) is 18.0 Å². The molecule has 1 heterocycles. The number of carbonyl (C=O) groups excluding carboxylic acids is 2. The Morgan fingerprint density at radius 3 is 2.45 bits per heavy atom. The molecule has 1 amide bonds. The van der Waals surface area contributed by atoms with E-state index in [0.717, 1.165) is 0 Å². The second-order valence-electron chi connectivity index (χ2n) is 5.64. The van der Waals surface area contributed by atoms with Crippen molar-refractivity contribution in [1.29, 1.82) is 0 Å². The van der Waals surface area contributed by atoms with Crippen LogP contribution < -0.4 is 5.32 Å². The summed E-state index contributed by atoms with van der Waals surface area (Å²) in [6, 6.07) is 0. The van der Waals surface area contributed by atoms with E-state index in [0.29, 0.717) is 0 Å². The first-order valence-corrected chi connectivity index (χ1v) is 6.25. The van der Waals surface area contributed by atoms with E-state index in [1.165, 1.54) is 20.3 Å². The Balaban J connectivity index is 2.19. The number of hydrogen-bond donors (Lipinski definition) is 1. The summed E-state index contributed by atoms with van der Waals surface area (Å²) in [6.07, 6.45) is -0.557.